The number of nitriles is 1. The molecule has 0 heterocycles. The fraction of sp³-hybridized carbons (Fsp3) is 0.250. The van der Waals surface area contributed by atoms with Gasteiger partial charge in [0.05, 0.1) is 12.5 Å². The van der Waals surface area contributed by atoms with E-state index in [1.165, 1.54) is 4.90 Å². The Morgan fingerprint density at radius 1 is 1.07 bits per heavy atom. The molecule has 2 aromatic rings. The first kappa shape index (κ1) is 20.3. The van der Waals surface area contributed by atoms with Crippen LogP contribution in [0.2, 0.25) is 5.02 Å². The van der Waals surface area contributed by atoms with E-state index in [4.69, 9.17) is 26.3 Å². The first-order valence-corrected chi connectivity index (χ1v) is 8.65. The highest BCUT2D eigenvalue weighted by molar-refractivity contribution is 6.30. The van der Waals surface area contributed by atoms with Crippen molar-refractivity contribution >= 4 is 29.2 Å². The number of halogens is 1. The number of ether oxygens (including phenoxy) is 2. The fourth-order valence-electron chi connectivity index (χ4n) is 2.22. The summed E-state index contributed by atoms with van der Waals surface area (Å²) in [5, 5.41) is 9.36. The Balaban J connectivity index is 1.88. The van der Waals surface area contributed by atoms with E-state index < -0.39 is 18.5 Å². The van der Waals surface area contributed by atoms with Crippen molar-refractivity contribution in [3.05, 3.63) is 59.1 Å². The van der Waals surface area contributed by atoms with E-state index in [9.17, 15) is 9.59 Å². The number of hydrogen-bond acceptors (Lipinski definition) is 5. The molecular weight excluding hydrogens is 368 g/mol. The second-order valence-corrected chi connectivity index (χ2v) is 6.13. The molecule has 27 heavy (non-hydrogen) atoms. The molecule has 0 aliphatic carbocycles. The monoisotopic (exact) mass is 386 g/mol. The van der Waals surface area contributed by atoms with Crippen LogP contribution < -0.4 is 9.64 Å². The van der Waals surface area contributed by atoms with Crippen LogP contribution >= 0.6 is 11.6 Å². The molecule has 140 valence electrons. The van der Waals surface area contributed by atoms with Crippen LogP contribution in [0.25, 0.3) is 0 Å². The third-order valence-electron chi connectivity index (χ3n) is 3.62. The van der Waals surface area contributed by atoms with Crippen LogP contribution in [0.3, 0.4) is 0 Å². The normalized spacial score (nSPS) is 9.96. The molecule has 0 saturated heterocycles. The van der Waals surface area contributed by atoms with E-state index in [0.29, 0.717) is 16.5 Å². The van der Waals surface area contributed by atoms with Crippen molar-refractivity contribution < 1.29 is 19.1 Å². The predicted molar refractivity (Wildman–Crippen MR) is 102 cm³/mol. The standard InChI is InChI=1S/C20H19ClN2O4/c1-15-3-7-17(8-4-15)23(12-2-11-22)19(24)13-27-20(25)14-26-18-9-5-16(21)6-10-18/h3-10H,2,12-14H2,1H3. The van der Waals surface area contributed by atoms with Crippen molar-refractivity contribution in [3.63, 3.8) is 0 Å². The summed E-state index contributed by atoms with van der Waals surface area (Å²) in [5.74, 6) is -0.602. The molecule has 6 nitrogen and oxygen atoms in total. The lowest BCUT2D eigenvalue weighted by Gasteiger charge is -2.21. The molecule has 1 amide bonds. The average molecular weight is 387 g/mol. The molecule has 0 spiro atoms. The summed E-state index contributed by atoms with van der Waals surface area (Å²) in [7, 11) is 0. The van der Waals surface area contributed by atoms with Crippen molar-refractivity contribution in [3.8, 4) is 11.8 Å². The van der Waals surface area contributed by atoms with Crippen molar-refractivity contribution in [2.75, 3.05) is 24.7 Å². The Morgan fingerprint density at radius 3 is 2.37 bits per heavy atom. The van der Waals surface area contributed by atoms with E-state index in [1.54, 1.807) is 36.4 Å². The molecule has 0 aliphatic heterocycles. The lowest BCUT2D eigenvalue weighted by Crippen LogP contribution is -2.36. The van der Waals surface area contributed by atoms with Crippen LogP contribution in [0.4, 0.5) is 5.69 Å². The van der Waals surface area contributed by atoms with Crippen LogP contribution in [-0.2, 0) is 14.3 Å². The van der Waals surface area contributed by atoms with Crippen LogP contribution in [-0.4, -0.2) is 31.6 Å². The van der Waals surface area contributed by atoms with Gasteiger partial charge in [0.2, 0.25) is 0 Å². The molecule has 0 bridgehead atoms. The van der Waals surface area contributed by atoms with E-state index in [1.807, 2.05) is 25.1 Å². The molecule has 0 aliphatic rings. The lowest BCUT2D eigenvalue weighted by atomic mass is 10.2. The highest BCUT2D eigenvalue weighted by Gasteiger charge is 2.17. The highest BCUT2D eigenvalue weighted by Crippen LogP contribution is 2.17. The SMILES string of the molecule is Cc1ccc(N(CCC#N)C(=O)COC(=O)COc2ccc(Cl)cc2)cc1. The largest absolute Gasteiger partial charge is 0.482 e. The molecule has 7 heteroatoms. The van der Waals surface area contributed by atoms with Gasteiger partial charge in [0.25, 0.3) is 5.91 Å². The summed E-state index contributed by atoms with van der Waals surface area (Å²) in [4.78, 5) is 25.7. The lowest BCUT2D eigenvalue weighted by molar-refractivity contribution is -0.149. The number of hydrogen-bond donors (Lipinski definition) is 0. The van der Waals surface area contributed by atoms with E-state index in [2.05, 4.69) is 0 Å². The maximum absolute atomic E-state index is 12.4. The molecule has 0 atom stereocenters. The minimum atomic E-state index is -0.664. The molecule has 0 saturated carbocycles. The zero-order chi connectivity index (χ0) is 19.6. The highest BCUT2D eigenvalue weighted by atomic mass is 35.5. The van der Waals surface area contributed by atoms with Crippen molar-refractivity contribution in [1.29, 1.82) is 5.26 Å². The summed E-state index contributed by atoms with van der Waals surface area (Å²) >= 11 is 5.77. The fourth-order valence-corrected chi connectivity index (χ4v) is 2.35. The predicted octanol–water partition coefficient (Wildman–Crippen LogP) is 3.52. The van der Waals surface area contributed by atoms with Gasteiger partial charge in [0.15, 0.2) is 13.2 Å². The van der Waals surface area contributed by atoms with Gasteiger partial charge in [-0.25, -0.2) is 4.79 Å². The maximum atomic E-state index is 12.4. The Hall–Kier alpha value is -3.04. The number of nitrogens with zero attached hydrogens (tertiary/aromatic N) is 2. The van der Waals surface area contributed by atoms with Gasteiger partial charge in [0.1, 0.15) is 5.75 Å². The molecule has 2 aromatic carbocycles. The van der Waals surface area contributed by atoms with E-state index in [0.717, 1.165) is 5.56 Å². The zero-order valence-electron chi connectivity index (χ0n) is 14.9. The van der Waals surface area contributed by atoms with E-state index >= 15 is 0 Å². The van der Waals surface area contributed by atoms with Gasteiger partial charge in [-0.1, -0.05) is 29.3 Å². The van der Waals surface area contributed by atoms with Crippen LogP contribution in [0.5, 0.6) is 5.75 Å². The number of benzene rings is 2. The Bertz CT molecular complexity index is 813. The second-order valence-electron chi connectivity index (χ2n) is 5.69. The summed E-state index contributed by atoms with van der Waals surface area (Å²) in [6.07, 6.45) is 0.174. The number of amides is 1. The smallest absolute Gasteiger partial charge is 0.344 e. The number of esters is 1. The minimum Gasteiger partial charge on any atom is -0.482 e. The number of carbonyl (C=O) groups is 2. The Labute approximate surface area is 162 Å². The van der Waals surface area contributed by atoms with Crippen LogP contribution in [0, 0.1) is 18.3 Å². The summed E-state index contributed by atoms with van der Waals surface area (Å²) in [6, 6.07) is 15.9. The van der Waals surface area contributed by atoms with Gasteiger partial charge in [-0.15, -0.1) is 0 Å². The van der Waals surface area contributed by atoms with E-state index in [-0.39, 0.29) is 19.6 Å². The molecule has 0 unspecified atom stereocenters. The molecule has 0 aromatic heterocycles. The zero-order valence-corrected chi connectivity index (χ0v) is 15.6. The first-order chi connectivity index (χ1) is 13.0. The Morgan fingerprint density at radius 2 is 1.74 bits per heavy atom. The molecule has 2 rings (SSSR count). The van der Waals surface area contributed by atoms with Crippen molar-refractivity contribution in [2.24, 2.45) is 0 Å². The summed E-state index contributed by atoms with van der Waals surface area (Å²) in [5.41, 5.74) is 1.70. The van der Waals surface area contributed by atoms with Crippen molar-refractivity contribution in [2.45, 2.75) is 13.3 Å². The summed E-state index contributed by atoms with van der Waals surface area (Å²) < 4.78 is 10.3. The summed E-state index contributed by atoms with van der Waals surface area (Å²) in [6.45, 7) is 1.41. The minimum absolute atomic E-state index is 0.174. The molecule has 0 N–H and O–H groups in total. The number of rotatable bonds is 8. The number of carbonyl (C=O) groups excluding carboxylic acids is 2. The maximum Gasteiger partial charge on any atom is 0.344 e. The van der Waals surface area contributed by atoms with Crippen LogP contribution in [0.1, 0.15) is 12.0 Å². The first-order valence-electron chi connectivity index (χ1n) is 8.27. The topological polar surface area (TPSA) is 79.6 Å². The van der Waals surface area contributed by atoms with Gasteiger partial charge < -0.3 is 14.4 Å². The molecule has 0 radical (unpaired) electrons. The number of aryl methyl sites for hydroxylation is 1. The third kappa shape index (κ3) is 6.65. The van der Waals surface area contributed by atoms with Gasteiger partial charge in [-0.3, -0.25) is 4.79 Å². The second kappa shape index (κ2) is 10.2. The van der Waals surface area contributed by atoms with Gasteiger partial charge in [0, 0.05) is 17.3 Å². The molecular formula is C20H19ClN2O4. The Kier molecular flexibility index (Phi) is 7.65. The van der Waals surface area contributed by atoms with Gasteiger partial charge in [-0.05, 0) is 43.3 Å². The van der Waals surface area contributed by atoms with Gasteiger partial charge in [-0.2, -0.15) is 5.26 Å². The third-order valence-corrected chi connectivity index (χ3v) is 3.87. The average Bonchev–Trinajstić information content (AvgIpc) is 2.67. The molecule has 0 fully saturated rings. The number of anilines is 1. The van der Waals surface area contributed by atoms with Crippen molar-refractivity contribution in [1.82, 2.24) is 0 Å². The van der Waals surface area contributed by atoms with Crippen LogP contribution in [0.15, 0.2) is 48.5 Å². The van der Waals surface area contributed by atoms with Gasteiger partial charge >= 0.3 is 5.97 Å². The quantitative estimate of drug-likeness (QED) is 0.648.